The van der Waals surface area contributed by atoms with E-state index in [1.807, 2.05) is 10.4 Å². The summed E-state index contributed by atoms with van der Waals surface area (Å²) in [5.41, 5.74) is 7.70. The number of rotatable bonds is 4. The highest BCUT2D eigenvalue weighted by Crippen LogP contribution is 2.38. The van der Waals surface area contributed by atoms with Gasteiger partial charge in [0.25, 0.3) is 0 Å². The molecule has 3 aliphatic heterocycles. The SMILES string of the molecule is CC(C)n1c(N2CC3CC2CO3)nc2c(F)cc(-c3nc(N)ncc3Cl)cc21.CS(=O)N1CCCC(C#N)C1. The second-order valence-corrected chi connectivity index (χ2v) is 12.2. The predicted octanol–water partition coefficient (Wildman–Crippen LogP) is 3.94. The zero-order valence-electron chi connectivity index (χ0n) is 22.2. The molecular weight excluding hydrogens is 543 g/mol. The third-order valence-electron chi connectivity index (χ3n) is 7.37. The van der Waals surface area contributed by atoms with Crippen LogP contribution in [0.15, 0.2) is 18.3 Å². The minimum absolute atomic E-state index is 0.0889. The van der Waals surface area contributed by atoms with Crippen molar-refractivity contribution < 1.29 is 13.3 Å². The molecule has 10 nitrogen and oxygen atoms in total. The lowest BCUT2D eigenvalue weighted by molar-refractivity contribution is 0.0983. The molecule has 208 valence electrons. The Hall–Kier alpha value is -2.85. The summed E-state index contributed by atoms with van der Waals surface area (Å²) >= 11 is 6.24. The minimum atomic E-state index is -0.892. The van der Waals surface area contributed by atoms with E-state index in [4.69, 9.17) is 27.3 Å². The van der Waals surface area contributed by atoms with Crippen LogP contribution < -0.4 is 10.6 Å². The third kappa shape index (κ3) is 5.59. The molecule has 2 aromatic heterocycles. The molecule has 0 radical (unpaired) electrons. The van der Waals surface area contributed by atoms with E-state index in [9.17, 15) is 4.21 Å². The number of anilines is 2. The fraction of sp³-hybridized carbons (Fsp3) is 0.538. The Balaban J connectivity index is 0.000000237. The van der Waals surface area contributed by atoms with Crippen LogP contribution >= 0.6 is 11.6 Å². The van der Waals surface area contributed by atoms with E-state index in [0.717, 1.165) is 38.3 Å². The normalized spacial score (nSPS) is 23.6. The number of nitrogens with zero attached hydrogens (tertiary/aromatic N) is 7. The zero-order chi connectivity index (χ0) is 27.8. The van der Waals surface area contributed by atoms with E-state index in [2.05, 4.69) is 44.3 Å². The molecular formula is C26H32ClFN8O2S. The second-order valence-electron chi connectivity index (χ2n) is 10.4. The summed E-state index contributed by atoms with van der Waals surface area (Å²) in [6.07, 6.45) is 6.27. The summed E-state index contributed by atoms with van der Waals surface area (Å²) in [5.74, 6) is 0.547. The van der Waals surface area contributed by atoms with Crippen molar-refractivity contribution in [2.24, 2.45) is 5.92 Å². The number of hydrogen-bond acceptors (Lipinski definition) is 8. The first kappa shape index (κ1) is 27.7. The average Bonchev–Trinajstić information content (AvgIpc) is 3.65. The molecule has 4 unspecified atom stereocenters. The van der Waals surface area contributed by atoms with Crippen molar-refractivity contribution in [3.63, 3.8) is 0 Å². The molecule has 4 atom stereocenters. The number of imidazole rings is 1. The third-order valence-corrected chi connectivity index (χ3v) is 8.71. The van der Waals surface area contributed by atoms with Gasteiger partial charge in [-0.1, -0.05) is 11.6 Å². The highest BCUT2D eigenvalue weighted by atomic mass is 35.5. The van der Waals surface area contributed by atoms with Crippen LogP contribution in [0.2, 0.25) is 5.02 Å². The number of nitriles is 1. The van der Waals surface area contributed by atoms with Crippen LogP contribution in [0.1, 0.15) is 39.2 Å². The van der Waals surface area contributed by atoms with Crippen LogP contribution in [0.4, 0.5) is 16.3 Å². The van der Waals surface area contributed by atoms with E-state index in [1.165, 1.54) is 12.3 Å². The second kappa shape index (κ2) is 11.3. The summed E-state index contributed by atoms with van der Waals surface area (Å²) < 4.78 is 35.7. The van der Waals surface area contributed by atoms with Gasteiger partial charge in [0.15, 0.2) is 5.82 Å². The number of ether oxygens (including phenoxy) is 1. The van der Waals surface area contributed by atoms with Crippen molar-refractivity contribution >= 4 is 45.5 Å². The number of fused-ring (bicyclic) bond motifs is 3. The lowest BCUT2D eigenvalue weighted by Crippen LogP contribution is -2.38. The molecule has 0 aliphatic carbocycles. The maximum absolute atomic E-state index is 15.1. The number of benzene rings is 1. The van der Waals surface area contributed by atoms with Crippen molar-refractivity contribution in [1.29, 1.82) is 5.26 Å². The van der Waals surface area contributed by atoms with Crippen LogP contribution in [0.3, 0.4) is 0 Å². The van der Waals surface area contributed by atoms with Gasteiger partial charge >= 0.3 is 0 Å². The molecule has 3 aromatic rings. The van der Waals surface area contributed by atoms with E-state index in [0.29, 0.717) is 40.5 Å². The topological polar surface area (TPSA) is 126 Å². The van der Waals surface area contributed by atoms with E-state index in [1.54, 1.807) is 6.26 Å². The molecule has 0 amide bonds. The Morgan fingerprint density at radius 3 is 2.74 bits per heavy atom. The number of nitrogen functional groups attached to an aromatic ring is 1. The van der Waals surface area contributed by atoms with Gasteiger partial charge in [0.05, 0.1) is 64.2 Å². The average molecular weight is 575 g/mol. The maximum atomic E-state index is 15.1. The Morgan fingerprint density at radius 2 is 2.10 bits per heavy atom. The summed E-state index contributed by atoms with van der Waals surface area (Å²) in [5, 5.41) is 8.93. The minimum Gasteiger partial charge on any atom is -0.374 e. The van der Waals surface area contributed by atoms with Gasteiger partial charge in [0.2, 0.25) is 11.9 Å². The molecule has 3 saturated heterocycles. The molecule has 6 rings (SSSR count). The van der Waals surface area contributed by atoms with Crippen molar-refractivity contribution in [3.05, 3.63) is 29.2 Å². The van der Waals surface area contributed by atoms with Crippen LogP contribution in [0.5, 0.6) is 0 Å². The van der Waals surface area contributed by atoms with Gasteiger partial charge in [-0.2, -0.15) is 5.26 Å². The molecule has 0 spiro atoms. The lowest BCUT2D eigenvalue weighted by atomic mass is 10.0. The summed E-state index contributed by atoms with van der Waals surface area (Å²) in [6.45, 7) is 7.16. The molecule has 1 aromatic carbocycles. The van der Waals surface area contributed by atoms with Crippen molar-refractivity contribution in [1.82, 2.24) is 23.8 Å². The number of morpholine rings is 1. The van der Waals surface area contributed by atoms with Crippen LogP contribution in [-0.2, 0) is 15.7 Å². The Bertz CT molecular complexity index is 1440. The lowest BCUT2D eigenvalue weighted by Gasteiger charge is -2.29. The van der Waals surface area contributed by atoms with E-state index in [-0.39, 0.29) is 30.1 Å². The molecule has 3 aliphatic rings. The van der Waals surface area contributed by atoms with Gasteiger partial charge < -0.3 is 19.9 Å². The number of aromatic nitrogens is 4. The highest BCUT2D eigenvalue weighted by Gasteiger charge is 2.41. The first-order valence-corrected chi connectivity index (χ1v) is 14.9. The monoisotopic (exact) mass is 574 g/mol. The van der Waals surface area contributed by atoms with Crippen molar-refractivity contribution in [2.45, 2.75) is 51.3 Å². The van der Waals surface area contributed by atoms with Gasteiger partial charge in [0, 0.05) is 37.5 Å². The van der Waals surface area contributed by atoms with Crippen LogP contribution in [0, 0.1) is 23.1 Å². The van der Waals surface area contributed by atoms with Gasteiger partial charge in [0.1, 0.15) is 5.52 Å². The van der Waals surface area contributed by atoms with Crippen molar-refractivity contribution in [3.8, 4) is 17.3 Å². The van der Waals surface area contributed by atoms with Gasteiger partial charge in [-0.15, -0.1) is 0 Å². The fourth-order valence-corrected chi connectivity index (χ4v) is 6.47. The van der Waals surface area contributed by atoms with Crippen LogP contribution in [-0.4, -0.2) is 72.7 Å². The van der Waals surface area contributed by atoms with Crippen molar-refractivity contribution in [2.75, 3.05) is 43.1 Å². The first-order valence-electron chi connectivity index (χ1n) is 13.0. The quantitative estimate of drug-likeness (QED) is 0.496. The summed E-state index contributed by atoms with van der Waals surface area (Å²) in [4.78, 5) is 15.0. The zero-order valence-corrected chi connectivity index (χ0v) is 23.8. The standard InChI is InChI=1S/C19H20ClFN6O.C7H12N2OS/c1-9(2)27-15-4-10(16-13(20)6-23-18(22)24-16)3-14(21)17(15)25-19(27)26-7-12-5-11(26)8-28-12;1-11(10)9-4-2-3-7(5-8)6-9/h3-4,6,9,11-12H,5,7-8H2,1-2H3,(H2,22,23,24);7H,2-4,6H2,1H3. The first-order chi connectivity index (χ1) is 18.7. The number of nitrogens with two attached hydrogens (primary N) is 1. The van der Waals surface area contributed by atoms with Crippen LogP contribution in [0.25, 0.3) is 22.3 Å². The number of piperidine rings is 1. The Kier molecular flexibility index (Phi) is 8.05. The Labute approximate surface area is 234 Å². The molecule has 2 bridgehead atoms. The van der Waals surface area contributed by atoms with E-state index >= 15 is 4.39 Å². The molecule has 39 heavy (non-hydrogen) atoms. The molecule has 3 fully saturated rings. The predicted molar refractivity (Wildman–Crippen MR) is 150 cm³/mol. The molecule has 0 saturated carbocycles. The number of halogens is 2. The number of hydrogen-bond donors (Lipinski definition) is 1. The largest absolute Gasteiger partial charge is 0.374 e. The maximum Gasteiger partial charge on any atom is 0.220 e. The molecule has 2 N–H and O–H groups in total. The summed E-state index contributed by atoms with van der Waals surface area (Å²) in [6, 6.07) is 5.87. The smallest absolute Gasteiger partial charge is 0.220 e. The van der Waals surface area contributed by atoms with Gasteiger partial charge in [-0.25, -0.2) is 27.9 Å². The van der Waals surface area contributed by atoms with Gasteiger partial charge in [-0.3, -0.25) is 0 Å². The highest BCUT2D eigenvalue weighted by molar-refractivity contribution is 7.81. The molecule has 5 heterocycles. The summed E-state index contributed by atoms with van der Waals surface area (Å²) in [7, 11) is -0.892. The van der Waals surface area contributed by atoms with E-state index < -0.39 is 16.8 Å². The Morgan fingerprint density at radius 1 is 1.31 bits per heavy atom. The fourth-order valence-electron chi connectivity index (χ4n) is 5.50. The van der Waals surface area contributed by atoms with Gasteiger partial charge in [-0.05, 0) is 45.2 Å². The molecule has 13 heteroatoms.